The van der Waals surface area contributed by atoms with Crippen LogP contribution in [0, 0.1) is 5.92 Å². The van der Waals surface area contributed by atoms with Gasteiger partial charge in [-0.05, 0) is 48.0 Å². The third kappa shape index (κ3) is 5.76. The molecule has 28 heavy (non-hydrogen) atoms. The molecule has 0 saturated carbocycles. The van der Waals surface area contributed by atoms with E-state index in [-0.39, 0.29) is 17.7 Å². The van der Waals surface area contributed by atoms with Gasteiger partial charge in [-0.25, -0.2) is 0 Å². The van der Waals surface area contributed by atoms with E-state index in [2.05, 4.69) is 10.6 Å². The van der Waals surface area contributed by atoms with E-state index in [1.807, 2.05) is 13.8 Å². The predicted molar refractivity (Wildman–Crippen MR) is 112 cm³/mol. The molecule has 0 aliphatic heterocycles. The third-order valence-electron chi connectivity index (χ3n) is 3.83. The van der Waals surface area contributed by atoms with Gasteiger partial charge in [-0.3, -0.25) is 9.59 Å². The van der Waals surface area contributed by atoms with Crippen LogP contribution in [0.3, 0.4) is 0 Å². The van der Waals surface area contributed by atoms with Crippen molar-refractivity contribution < 1.29 is 19.1 Å². The fourth-order valence-corrected chi connectivity index (χ4v) is 2.61. The quantitative estimate of drug-likeness (QED) is 0.663. The summed E-state index contributed by atoms with van der Waals surface area (Å²) in [5, 5.41) is 5.94. The molecule has 0 aliphatic rings. The van der Waals surface area contributed by atoms with Crippen molar-refractivity contribution in [3.8, 4) is 11.5 Å². The van der Waals surface area contributed by atoms with Gasteiger partial charge in [0.15, 0.2) is 11.5 Å². The minimum atomic E-state index is -0.301. The summed E-state index contributed by atoms with van der Waals surface area (Å²) in [5.41, 5.74) is 1.99. The van der Waals surface area contributed by atoms with Gasteiger partial charge in [0, 0.05) is 23.4 Å². The Hall–Kier alpha value is -2.99. The fourth-order valence-electron chi connectivity index (χ4n) is 2.31. The van der Waals surface area contributed by atoms with Crippen LogP contribution in [0.4, 0.5) is 11.4 Å². The highest BCUT2D eigenvalue weighted by Gasteiger charge is 2.10. The van der Waals surface area contributed by atoms with Crippen LogP contribution in [-0.2, 0) is 9.59 Å². The van der Waals surface area contributed by atoms with Crippen LogP contribution < -0.4 is 20.1 Å². The first-order chi connectivity index (χ1) is 13.3. The Balaban J connectivity index is 2.02. The average molecular weight is 403 g/mol. The molecule has 2 amide bonds. The minimum Gasteiger partial charge on any atom is -0.493 e. The number of halogens is 1. The van der Waals surface area contributed by atoms with Crippen LogP contribution in [0.15, 0.2) is 42.5 Å². The molecule has 0 spiro atoms. The zero-order valence-electron chi connectivity index (χ0n) is 16.2. The Morgan fingerprint density at radius 3 is 2.14 bits per heavy atom. The number of anilines is 2. The van der Waals surface area contributed by atoms with Crippen molar-refractivity contribution in [1.29, 1.82) is 0 Å². The maximum absolute atomic E-state index is 12.1. The van der Waals surface area contributed by atoms with Gasteiger partial charge in [0.25, 0.3) is 0 Å². The molecule has 0 aromatic heterocycles. The molecule has 0 unspecified atom stereocenters. The zero-order valence-corrected chi connectivity index (χ0v) is 17.0. The van der Waals surface area contributed by atoms with E-state index < -0.39 is 0 Å². The second-order valence-electron chi connectivity index (χ2n) is 6.28. The molecule has 2 N–H and O–H groups in total. The zero-order chi connectivity index (χ0) is 20.7. The van der Waals surface area contributed by atoms with Crippen molar-refractivity contribution in [2.45, 2.75) is 13.8 Å². The second-order valence-corrected chi connectivity index (χ2v) is 6.69. The van der Waals surface area contributed by atoms with Gasteiger partial charge in [-0.15, -0.1) is 0 Å². The van der Waals surface area contributed by atoms with Crippen LogP contribution in [0.2, 0.25) is 5.02 Å². The van der Waals surface area contributed by atoms with Crippen LogP contribution >= 0.6 is 11.6 Å². The van der Waals surface area contributed by atoms with E-state index in [1.165, 1.54) is 20.3 Å². The van der Waals surface area contributed by atoms with Crippen molar-refractivity contribution in [1.82, 2.24) is 0 Å². The van der Waals surface area contributed by atoms with Crippen LogP contribution in [-0.4, -0.2) is 26.0 Å². The van der Waals surface area contributed by atoms with E-state index >= 15 is 0 Å². The molecular weight excluding hydrogens is 380 g/mol. The molecule has 2 rings (SSSR count). The molecule has 2 aromatic rings. The number of methoxy groups -OCH3 is 2. The number of ether oxygens (including phenoxy) is 2. The lowest BCUT2D eigenvalue weighted by Gasteiger charge is -2.10. The summed E-state index contributed by atoms with van der Waals surface area (Å²) in [5.74, 6) is 0.456. The highest BCUT2D eigenvalue weighted by Crippen LogP contribution is 2.36. The maximum Gasteiger partial charge on any atom is 0.248 e. The lowest BCUT2D eigenvalue weighted by atomic mass is 10.2. The molecular formula is C21H23ClN2O4. The summed E-state index contributed by atoms with van der Waals surface area (Å²) in [6, 6.07) is 10.3. The molecule has 0 heterocycles. The average Bonchev–Trinajstić information content (AvgIpc) is 2.67. The Morgan fingerprint density at radius 2 is 1.61 bits per heavy atom. The van der Waals surface area contributed by atoms with Crippen molar-refractivity contribution in [3.63, 3.8) is 0 Å². The number of rotatable bonds is 7. The van der Waals surface area contributed by atoms with E-state index in [4.69, 9.17) is 21.1 Å². The molecule has 0 aliphatic carbocycles. The number of hydrogen-bond acceptors (Lipinski definition) is 4. The molecule has 2 aromatic carbocycles. The Bertz CT molecular complexity index is 877. The largest absolute Gasteiger partial charge is 0.493 e. The van der Waals surface area contributed by atoms with Crippen LogP contribution in [0.1, 0.15) is 19.4 Å². The molecule has 148 valence electrons. The number of nitrogens with one attached hydrogen (secondary N) is 2. The summed E-state index contributed by atoms with van der Waals surface area (Å²) in [7, 11) is 3.02. The van der Waals surface area contributed by atoms with Crippen molar-refractivity contribution >= 4 is 40.9 Å². The number of benzene rings is 2. The van der Waals surface area contributed by atoms with E-state index in [9.17, 15) is 9.59 Å². The van der Waals surface area contributed by atoms with Gasteiger partial charge in [0.1, 0.15) is 0 Å². The van der Waals surface area contributed by atoms with E-state index in [0.29, 0.717) is 33.5 Å². The molecule has 7 heteroatoms. The monoisotopic (exact) mass is 402 g/mol. The lowest BCUT2D eigenvalue weighted by Crippen LogP contribution is -2.17. The Morgan fingerprint density at radius 1 is 1.00 bits per heavy atom. The summed E-state index contributed by atoms with van der Waals surface area (Å²) < 4.78 is 10.4. The summed E-state index contributed by atoms with van der Waals surface area (Å²) in [4.78, 5) is 23.8. The first-order valence-electron chi connectivity index (χ1n) is 8.65. The standard InChI is InChI=1S/C21H23ClN2O4/c1-13(2)21(26)24-16-8-6-15(7-9-16)23-19(25)10-5-14-11-17(22)20(28-4)18(12-14)27-3/h5-13H,1-4H3,(H,23,25)(H,24,26)/b10-5+. The predicted octanol–water partition coefficient (Wildman–Crippen LogP) is 4.60. The topological polar surface area (TPSA) is 76.7 Å². The summed E-state index contributed by atoms with van der Waals surface area (Å²) in [6.45, 7) is 3.64. The molecule has 0 radical (unpaired) electrons. The van der Waals surface area contributed by atoms with Crippen molar-refractivity contribution in [3.05, 3.63) is 53.1 Å². The number of hydrogen-bond donors (Lipinski definition) is 2. The van der Waals surface area contributed by atoms with Gasteiger partial charge in [-0.2, -0.15) is 0 Å². The first kappa shape index (κ1) is 21.3. The molecule has 0 atom stereocenters. The van der Waals surface area contributed by atoms with Gasteiger partial charge in [0.05, 0.1) is 19.2 Å². The van der Waals surface area contributed by atoms with Gasteiger partial charge in [-0.1, -0.05) is 25.4 Å². The van der Waals surface area contributed by atoms with Crippen molar-refractivity contribution in [2.24, 2.45) is 5.92 Å². The third-order valence-corrected chi connectivity index (χ3v) is 4.11. The minimum absolute atomic E-state index is 0.0618. The molecule has 0 bridgehead atoms. The molecule has 0 fully saturated rings. The second kappa shape index (κ2) is 9.80. The van der Waals surface area contributed by atoms with Crippen LogP contribution in [0.5, 0.6) is 11.5 Å². The van der Waals surface area contributed by atoms with Crippen molar-refractivity contribution in [2.75, 3.05) is 24.9 Å². The first-order valence-corrected chi connectivity index (χ1v) is 9.03. The fraction of sp³-hybridized carbons (Fsp3) is 0.238. The molecule has 0 saturated heterocycles. The molecule has 6 nitrogen and oxygen atoms in total. The number of carbonyl (C=O) groups excluding carboxylic acids is 2. The SMILES string of the molecule is COc1cc(/C=C/C(=O)Nc2ccc(NC(=O)C(C)C)cc2)cc(Cl)c1OC. The Labute approximate surface area is 169 Å². The summed E-state index contributed by atoms with van der Waals surface area (Å²) in [6.07, 6.45) is 3.02. The number of amides is 2. The Kier molecular flexibility index (Phi) is 7.46. The van der Waals surface area contributed by atoms with Gasteiger partial charge in [0.2, 0.25) is 11.8 Å². The number of carbonyl (C=O) groups is 2. The van der Waals surface area contributed by atoms with Crippen LogP contribution in [0.25, 0.3) is 6.08 Å². The van der Waals surface area contributed by atoms with E-state index in [0.717, 1.165) is 0 Å². The van der Waals surface area contributed by atoms with Gasteiger partial charge >= 0.3 is 0 Å². The smallest absolute Gasteiger partial charge is 0.248 e. The van der Waals surface area contributed by atoms with Gasteiger partial charge < -0.3 is 20.1 Å². The highest BCUT2D eigenvalue weighted by atomic mass is 35.5. The lowest BCUT2D eigenvalue weighted by molar-refractivity contribution is -0.119. The normalized spacial score (nSPS) is 10.8. The highest BCUT2D eigenvalue weighted by molar-refractivity contribution is 6.32. The van der Waals surface area contributed by atoms with E-state index in [1.54, 1.807) is 42.5 Å². The summed E-state index contributed by atoms with van der Waals surface area (Å²) >= 11 is 6.16. The maximum atomic E-state index is 12.1.